The van der Waals surface area contributed by atoms with E-state index in [9.17, 15) is 4.79 Å². The quantitative estimate of drug-likeness (QED) is 0.573. The van der Waals surface area contributed by atoms with Gasteiger partial charge in [0, 0.05) is 19.0 Å². The maximum atomic E-state index is 12.3. The number of aromatic nitrogens is 1. The van der Waals surface area contributed by atoms with Crippen molar-refractivity contribution in [1.29, 1.82) is 0 Å². The minimum atomic E-state index is -0.00304. The normalized spacial score (nSPS) is 10.2. The molecule has 0 atom stereocenters. The third-order valence-electron chi connectivity index (χ3n) is 2.80. The second-order valence-electron chi connectivity index (χ2n) is 4.26. The van der Waals surface area contributed by atoms with Gasteiger partial charge in [0.25, 0.3) is 0 Å². The maximum absolute atomic E-state index is 12.3. The van der Waals surface area contributed by atoms with E-state index in [0.717, 1.165) is 5.69 Å². The number of carbonyl (C=O) groups is 1. The average Bonchev–Trinajstić information content (AvgIpc) is 2.49. The highest BCUT2D eigenvalue weighted by molar-refractivity contribution is 5.99. The summed E-state index contributed by atoms with van der Waals surface area (Å²) in [6, 6.07) is 12.8. The summed E-state index contributed by atoms with van der Waals surface area (Å²) in [7, 11) is 1.61. The largest absolute Gasteiger partial charge is 0.490 e. The summed E-state index contributed by atoms with van der Waals surface area (Å²) in [5.74, 6) is 0.585. The third-order valence-corrected chi connectivity index (χ3v) is 2.80. The fourth-order valence-electron chi connectivity index (χ4n) is 1.82. The molecule has 0 saturated carbocycles. The monoisotopic (exact) mass is 271 g/mol. The molecule has 0 aliphatic carbocycles. The Morgan fingerprint density at radius 3 is 2.65 bits per heavy atom. The van der Waals surface area contributed by atoms with Crippen LogP contribution in [0.2, 0.25) is 0 Å². The zero-order valence-corrected chi connectivity index (χ0v) is 11.4. The van der Waals surface area contributed by atoms with E-state index >= 15 is 0 Å². The molecular weight excluding hydrogens is 254 g/mol. The summed E-state index contributed by atoms with van der Waals surface area (Å²) in [5, 5.41) is 0. The molecule has 2 aromatic rings. The van der Waals surface area contributed by atoms with Crippen molar-refractivity contribution in [2.75, 3.05) is 20.3 Å². The number of nitrogens with zero attached hydrogens (tertiary/aromatic N) is 1. The lowest BCUT2D eigenvalue weighted by atomic mass is 10.1. The summed E-state index contributed by atoms with van der Waals surface area (Å²) in [4.78, 5) is 16.5. The SMILES string of the molecule is COCCOc1ccccc1C(=O)Cc1ccccn1. The first kappa shape index (κ1) is 14.2. The Morgan fingerprint density at radius 2 is 1.90 bits per heavy atom. The highest BCUT2D eigenvalue weighted by atomic mass is 16.5. The Kier molecular flexibility index (Phi) is 5.26. The number of ketones is 1. The molecule has 0 bridgehead atoms. The number of benzene rings is 1. The number of methoxy groups -OCH3 is 1. The highest BCUT2D eigenvalue weighted by Gasteiger charge is 2.13. The van der Waals surface area contributed by atoms with Gasteiger partial charge in [0.2, 0.25) is 0 Å². The van der Waals surface area contributed by atoms with Crippen LogP contribution >= 0.6 is 0 Å². The van der Waals surface area contributed by atoms with E-state index in [-0.39, 0.29) is 12.2 Å². The van der Waals surface area contributed by atoms with E-state index < -0.39 is 0 Å². The van der Waals surface area contributed by atoms with E-state index in [1.165, 1.54) is 0 Å². The number of rotatable bonds is 7. The van der Waals surface area contributed by atoms with E-state index in [4.69, 9.17) is 9.47 Å². The maximum Gasteiger partial charge on any atom is 0.172 e. The first-order valence-corrected chi connectivity index (χ1v) is 6.45. The van der Waals surface area contributed by atoms with Crippen molar-refractivity contribution in [1.82, 2.24) is 4.98 Å². The molecule has 0 amide bonds. The fraction of sp³-hybridized carbons (Fsp3) is 0.250. The molecule has 0 aliphatic heterocycles. The van der Waals surface area contributed by atoms with Crippen LogP contribution in [-0.2, 0) is 11.2 Å². The van der Waals surface area contributed by atoms with Crippen molar-refractivity contribution in [3.63, 3.8) is 0 Å². The van der Waals surface area contributed by atoms with Crippen molar-refractivity contribution in [2.45, 2.75) is 6.42 Å². The first-order chi connectivity index (χ1) is 9.81. The molecule has 0 spiro atoms. The summed E-state index contributed by atoms with van der Waals surface area (Å²) >= 11 is 0. The van der Waals surface area contributed by atoms with Gasteiger partial charge in [-0.05, 0) is 24.3 Å². The number of hydrogen-bond acceptors (Lipinski definition) is 4. The molecular formula is C16H17NO3. The summed E-state index contributed by atoms with van der Waals surface area (Å²) in [6.07, 6.45) is 1.95. The Labute approximate surface area is 118 Å². The molecule has 1 heterocycles. The van der Waals surface area contributed by atoms with Crippen molar-refractivity contribution in [3.05, 3.63) is 59.9 Å². The van der Waals surface area contributed by atoms with Crippen LogP contribution in [-0.4, -0.2) is 31.1 Å². The van der Waals surface area contributed by atoms with Crippen molar-refractivity contribution in [3.8, 4) is 5.75 Å². The van der Waals surface area contributed by atoms with Crippen molar-refractivity contribution in [2.24, 2.45) is 0 Å². The predicted molar refractivity (Wildman–Crippen MR) is 76.1 cm³/mol. The molecule has 0 unspecified atom stereocenters. The van der Waals surface area contributed by atoms with Crippen LogP contribution in [0.1, 0.15) is 16.1 Å². The van der Waals surface area contributed by atoms with Crippen LogP contribution < -0.4 is 4.74 Å². The minimum Gasteiger partial charge on any atom is -0.490 e. The molecule has 0 fully saturated rings. The van der Waals surface area contributed by atoms with Crippen molar-refractivity contribution < 1.29 is 14.3 Å². The van der Waals surface area contributed by atoms with Crippen LogP contribution in [0, 0.1) is 0 Å². The third kappa shape index (κ3) is 3.90. The first-order valence-electron chi connectivity index (χ1n) is 6.45. The number of ether oxygens (including phenoxy) is 2. The van der Waals surface area contributed by atoms with Crippen LogP contribution in [0.4, 0.5) is 0 Å². The Bertz CT molecular complexity index is 555. The van der Waals surface area contributed by atoms with Crippen LogP contribution in [0.5, 0.6) is 5.75 Å². The van der Waals surface area contributed by atoms with Gasteiger partial charge in [-0.2, -0.15) is 0 Å². The van der Waals surface area contributed by atoms with Gasteiger partial charge >= 0.3 is 0 Å². The lowest BCUT2D eigenvalue weighted by Gasteiger charge is -2.10. The van der Waals surface area contributed by atoms with E-state index in [1.54, 1.807) is 25.4 Å². The second-order valence-corrected chi connectivity index (χ2v) is 4.26. The number of pyridine rings is 1. The molecule has 20 heavy (non-hydrogen) atoms. The number of para-hydroxylation sites is 1. The van der Waals surface area contributed by atoms with Gasteiger partial charge < -0.3 is 9.47 Å². The van der Waals surface area contributed by atoms with Gasteiger partial charge in [0.05, 0.1) is 18.6 Å². The Morgan fingerprint density at radius 1 is 1.10 bits per heavy atom. The fourth-order valence-corrected chi connectivity index (χ4v) is 1.82. The zero-order chi connectivity index (χ0) is 14.2. The molecule has 0 saturated heterocycles. The topological polar surface area (TPSA) is 48.4 Å². The molecule has 1 aromatic heterocycles. The number of hydrogen-bond donors (Lipinski definition) is 0. The predicted octanol–water partition coefficient (Wildman–Crippen LogP) is 2.53. The van der Waals surface area contributed by atoms with Crippen LogP contribution in [0.3, 0.4) is 0 Å². The minimum absolute atomic E-state index is 0.00304. The van der Waals surface area contributed by atoms with E-state index in [1.807, 2.05) is 30.3 Å². The standard InChI is InChI=1S/C16H17NO3/c1-19-10-11-20-16-8-3-2-7-14(16)15(18)12-13-6-4-5-9-17-13/h2-9H,10-12H2,1H3. The molecule has 4 heteroatoms. The van der Waals surface area contributed by atoms with E-state index in [2.05, 4.69) is 4.98 Å². The molecule has 1 aromatic carbocycles. The lowest BCUT2D eigenvalue weighted by molar-refractivity contribution is 0.0984. The van der Waals surface area contributed by atoms with Gasteiger partial charge in [-0.15, -0.1) is 0 Å². The molecule has 104 valence electrons. The summed E-state index contributed by atoms with van der Waals surface area (Å²) in [5.41, 5.74) is 1.33. The van der Waals surface area contributed by atoms with Crippen LogP contribution in [0.25, 0.3) is 0 Å². The number of Topliss-reactive ketones (excluding diaryl/α,β-unsaturated/α-hetero) is 1. The second kappa shape index (κ2) is 7.40. The van der Waals surface area contributed by atoms with E-state index in [0.29, 0.717) is 24.5 Å². The molecule has 0 aliphatic rings. The average molecular weight is 271 g/mol. The van der Waals surface area contributed by atoms with Gasteiger partial charge in [-0.1, -0.05) is 18.2 Å². The zero-order valence-electron chi connectivity index (χ0n) is 11.4. The lowest BCUT2D eigenvalue weighted by Crippen LogP contribution is -2.10. The highest BCUT2D eigenvalue weighted by Crippen LogP contribution is 2.19. The van der Waals surface area contributed by atoms with Crippen molar-refractivity contribution >= 4 is 5.78 Å². The van der Waals surface area contributed by atoms with Gasteiger partial charge in [0.1, 0.15) is 12.4 Å². The molecule has 2 rings (SSSR count). The Hall–Kier alpha value is -2.20. The molecule has 0 N–H and O–H groups in total. The smallest absolute Gasteiger partial charge is 0.172 e. The summed E-state index contributed by atoms with van der Waals surface area (Å²) in [6.45, 7) is 0.910. The van der Waals surface area contributed by atoms with Gasteiger partial charge in [-0.3, -0.25) is 9.78 Å². The molecule has 4 nitrogen and oxygen atoms in total. The van der Waals surface area contributed by atoms with Gasteiger partial charge in [-0.25, -0.2) is 0 Å². The summed E-state index contributed by atoms with van der Waals surface area (Å²) < 4.78 is 10.5. The van der Waals surface area contributed by atoms with Gasteiger partial charge in [0.15, 0.2) is 5.78 Å². The Balaban J connectivity index is 2.09. The number of carbonyl (C=O) groups excluding carboxylic acids is 1. The molecule has 0 radical (unpaired) electrons. The van der Waals surface area contributed by atoms with Crippen LogP contribution in [0.15, 0.2) is 48.7 Å².